The number of benzene rings is 2. The molecule has 8 nitrogen and oxygen atoms in total. The van der Waals surface area contributed by atoms with Crippen LogP contribution in [0.15, 0.2) is 30.5 Å². The van der Waals surface area contributed by atoms with Crippen LogP contribution in [0, 0.1) is 29.1 Å². The Morgan fingerprint density at radius 1 is 0.971 bits per heavy atom. The van der Waals surface area contributed by atoms with Crippen molar-refractivity contribution in [1.82, 2.24) is 10.3 Å². The Hall–Kier alpha value is -4.00. The SMILES string of the molecule is NC(=O)C[C@H](NC(=O)[C@H](N)Cc1c[nH]c2ccccc12)C(=O)Oc1c(F)c(F)c(F)c(F)c1F. The van der Waals surface area contributed by atoms with E-state index >= 15 is 0 Å². The smallest absolute Gasteiger partial charge is 0.334 e. The second-order valence-corrected chi connectivity index (χ2v) is 7.22. The fraction of sp³-hybridized carbons (Fsp3) is 0.190. The number of ether oxygens (including phenoxy) is 1. The van der Waals surface area contributed by atoms with E-state index in [1.165, 1.54) is 0 Å². The lowest BCUT2D eigenvalue weighted by Gasteiger charge is -2.19. The molecular weight excluding hydrogens is 467 g/mol. The largest absolute Gasteiger partial charge is 0.418 e. The number of hydrogen-bond donors (Lipinski definition) is 4. The number of primary amides is 1. The Morgan fingerprint density at radius 2 is 1.56 bits per heavy atom. The summed E-state index contributed by atoms with van der Waals surface area (Å²) in [6, 6.07) is 3.96. The molecule has 0 saturated heterocycles. The highest BCUT2D eigenvalue weighted by Gasteiger charge is 2.32. The summed E-state index contributed by atoms with van der Waals surface area (Å²) in [5, 5.41) is 2.83. The zero-order chi connectivity index (χ0) is 25.2. The maximum atomic E-state index is 13.8. The number of H-pyrrole nitrogens is 1. The molecule has 180 valence electrons. The van der Waals surface area contributed by atoms with Gasteiger partial charge in [-0.25, -0.2) is 18.0 Å². The van der Waals surface area contributed by atoms with Gasteiger partial charge in [0, 0.05) is 17.1 Å². The molecule has 0 saturated carbocycles. The predicted octanol–water partition coefficient (Wildman–Crippen LogP) is 1.70. The molecule has 2 amide bonds. The Balaban J connectivity index is 1.77. The van der Waals surface area contributed by atoms with Crippen molar-refractivity contribution in [2.24, 2.45) is 11.5 Å². The molecule has 0 radical (unpaired) electrons. The van der Waals surface area contributed by atoms with Gasteiger partial charge in [-0.3, -0.25) is 9.59 Å². The second-order valence-electron chi connectivity index (χ2n) is 7.22. The van der Waals surface area contributed by atoms with Crippen LogP contribution in [0.5, 0.6) is 5.75 Å². The van der Waals surface area contributed by atoms with Crippen molar-refractivity contribution in [1.29, 1.82) is 0 Å². The van der Waals surface area contributed by atoms with E-state index in [0.717, 1.165) is 10.9 Å². The molecule has 0 aliphatic heterocycles. The zero-order valence-electron chi connectivity index (χ0n) is 17.1. The van der Waals surface area contributed by atoms with Gasteiger partial charge in [0.1, 0.15) is 6.04 Å². The van der Waals surface area contributed by atoms with Crippen LogP contribution in [0.1, 0.15) is 12.0 Å². The van der Waals surface area contributed by atoms with Crippen molar-refractivity contribution in [2.45, 2.75) is 24.9 Å². The number of rotatable bonds is 8. The number of hydrogen-bond acceptors (Lipinski definition) is 5. The number of esters is 1. The molecule has 1 heterocycles. The molecule has 6 N–H and O–H groups in total. The lowest BCUT2D eigenvalue weighted by atomic mass is 10.0. The Kier molecular flexibility index (Phi) is 7.15. The van der Waals surface area contributed by atoms with E-state index in [1.54, 1.807) is 30.5 Å². The third-order valence-corrected chi connectivity index (χ3v) is 4.83. The van der Waals surface area contributed by atoms with Crippen LogP contribution in [-0.2, 0) is 20.8 Å². The van der Waals surface area contributed by atoms with E-state index < -0.39 is 71.1 Å². The molecule has 0 bridgehead atoms. The van der Waals surface area contributed by atoms with Crippen molar-refractivity contribution in [2.75, 3.05) is 0 Å². The van der Waals surface area contributed by atoms with E-state index in [1.807, 2.05) is 0 Å². The Labute approximate surface area is 188 Å². The molecule has 34 heavy (non-hydrogen) atoms. The molecule has 0 fully saturated rings. The molecule has 2 aromatic carbocycles. The van der Waals surface area contributed by atoms with Crippen molar-refractivity contribution in [3.63, 3.8) is 0 Å². The van der Waals surface area contributed by atoms with Gasteiger partial charge in [-0.1, -0.05) is 18.2 Å². The van der Waals surface area contributed by atoms with E-state index in [9.17, 15) is 36.3 Å². The molecule has 2 atom stereocenters. The minimum atomic E-state index is -2.46. The summed E-state index contributed by atoms with van der Waals surface area (Å²) in [5.74, 6) is -17.7. The van der Waals surface area contributed by atoms with Gasteiger partial charge in [0.15, 0.2) is 0 Å². The summed E-state index contributed by atoms with van der Waals surface area (Å²) in [7, 11) is 0. The molecular formula is C21H17F5N4O4. The average Bonchev–Trinajstić information content (AvgIpc) is 3.21. The number of nitrogens with one attached hydrogen (secondary N) is 2. The monoisotopic (exact) mass is 484 g/mol. The first-order valence-corrected chi connectivity index (χ1v) is 9.63. The Bertz CT molecular complexity index is 1250. The third-order valence-electron chi connectivity index (χ3n) is 4.83. The number of aromatic amines is 1. The molecule has 0 aliphatic rings. The first-order chi connectivity index (χ1) is 16.0. The molecule has 1 aromatic heterocycles. The van der Waals surface area contributed by atoms with Gasteiger partial charge in [-0.15, -0.1) is 0 Å². The van der Waals surface area contributed by atoms with Crippen LogP contribution in [0.2, 0.25) is 0 Å². The minimum absolute atomic E-state index is 0.00811. The lowest BCUT2D eigenvalue weighted by Crippen LogP contribution is -2.51. The number of carbonyl (C=O) groups is 3. The van der Waals surface area contributed by atoms with Crippen LogP contribution in [-0.4, -0.2) is 34.9 Å². The van der Waals surface area contributed by atoms with Crippen molar-refractivity contribution < 1.29 is 41.1 Å². The first-order valence-electron chi connectivity index (χ1n) is 9.63. The van der Waals surface area contributed by atoms with Crippen molar-refractivity contribution in [3.05, 3.63) is 65.1 Å². The first kappa shape index (κ1) is 24.6. The highest BCUT2D eigenvalue weighted by atomic mass is 19.2. The third kappa shape index (κ3) is 4.98. The van der Waals surface area contributed by atoms with Gasteiger partial charge in [-0.2, -0.15) is 8.78 Å². The second kappa shape index (κ2) is 9.87. The van der Waals surface area contributed by atoms with E-state index in [2.05, 4.69) is 15.0 Å². The molecule has 0 spiro atoms. The van der Waals surface area contributed by atoms with Gasteiger partial charge >= 0.3 is 5.97 Å². The highest BCUT2D eigenvalue weighted by Crippen LogP contribution is 2.29. The van der Waals surface area contributed by atoms with Gasteiger partial charge in [-0.05, 0) is 18.1 Å². The summed E-state index contributed by atoms with van der Waals surface area (Å²) in [6.45, 7) is 0. The summed E-state index contributed by atoms with van der Waals surface area (Å²) in [6.07, 6.45) is 0.710. The molecule has 3 rings (SSSR count). The van der Waals surface area contributed by atoms with Crippen LogP contribution >= 0.6 is 0 Å². The fourth-order valence-electron chi connectivity index (χ4n) is 3.15. The van der Waals surface area contributed by atoms with Gasteiger partial charge < -0.3 is 26.5 Å². The summed E-state index contributed by atoms with van der Waals surface area (Å²) < 4.78 is 71.8. The average molecular weight is 484 g/mol. The number of aromatic nitrogens is 1. The van der Waals surface area contributed by atoms with Gasteiger partial charge in [0.25, 0.3) is 0 Å². The number of fused-ring (bicyclic) bond motifs is 1. The fourth-order valence-corrected chi connectivity index (χ4v) is 3.15. The standard InChI is InChI=1S/C21H17F5N4O4/c22-14-15(23)17(25)19(18(26)16(14)24)34-21(33)12(6-13(28)31)30-20(32)10(27)5-8-7-29-11-4-2-1-3-9(8)11/h1-4,7,10,12,29H,5-6,27H2,(H2,28,31)(H,30,32)/t10-,12+/m1/s1. The van der Waals surface area contributed by atoms with Gasteiger partial charge in [0.2, 0.25) is 46.6 Å². The number of halogens is 5. The molecule has 3 aromatic rings. The van der Waals surface area contributed by atoms with E-state index in [-0.39, 0.29) is 6.42 Å². The van der Waals surface area contributed by atoms with Crippen LogP contribution < -0.4 is 21.5 Å². The van der Waals surface area contributed by atoms with E-state index in [4.69, 9.17) is 11.5 Å². The Morgan fingerprint density at radius 3 is 2.18 bits per heavy atom. The summed E-state index contributed by atoms with van der Waals surface area (Å²) >= 11 is 0. The summed E-state index contributed by atoms with van der Waals surface area (Å²) in [5.41, 5.74) is 12.3. The van der Waals surface area contributed by atoms with Crippen molar-refractivity contribution >= 4 is 28.7 Å². The van der Waals surface area contributed by atoms with E-state index in [0.29, 0.717) is 5.56 Å². The molecule has 0 unspecified atom stereocenters. The topological polar surface area (TPSA) is 140 Å². The maximum absolute atomic E-state index is 13.8. The number of amides is 2. The molecule has 13 heteroatoms. The normalized spacial score (nSPS) is 12.9. The quantitative estimate of drug-likeness (QED) is 0.127. The van der Waals surface area contributed by atoms with Crippen LogP contribution in [0.25, 0.3) is 10.9 Å². The number of carbonyl (C=O) groups excluding carboxylic acids is 3. The lowest BCUT2D eigenvalue weighted by molar-refractivity contribution is -0.141. The van der Waals surface area contributed by atoms with Gasteiger partial charge in [0.05, 0.1) is 12.5 Å². The number of para-hydroxylation sites is 1. The highest BCUT2D eigenvalue weighted by molar-refractivity contribution is 5.92. The minimum Gasteiger partial charge on any atom is -0.418 e. The summed E-state index contributed by atoms with van der Waals surface area (Å²) in [4.78, 5) is 39.2. The molecule has 0 aliphatic carbocycles. The van der Waals surface area contributed by atoms with Crippen LogP contribution in [0.3, 0.4) is 0 Å². The number of nitrogens with two attached hydrogens (primary N) is 2. The zero-order valence-corrected chi connectivity index (χ0v) is 17.1. The maximum Gasteiger partial charge on any atom is 0.334 e. The predicted molar refractivity (Wildman–Crippen MR) is 108 cm³/mol. The van der Waals surface area contributed by atoms with Crippen molar-refractivity contribution in [3.8, 4) is 5.75 Å². The van der Waals surface area contributed by atoms with Crippen LogP contribution in [0.4, 0.5) is 22.0 Å².